The predicted molar refractivity (Wildman–Crippen MR) is 52.0 cm³/mol. The van der Waals surface area contributed by atoms with Gasteiger partial charge in [-0.3, -0.25) is 0 Å². The number of carbonyl (C=O) groups is 1. The van der Waals surface area contributed by atoms with Crippen LogP contribution in [-0.2, 0) is 26.1 Å². The summed E-state index contributed by atoms with van der Waals surface area (Å²) >= 11 is 1.20. The molecule has 0 radical (unpaired) electrons. The maximum absolute atomic E-state index is 11.2. The van der Waals surface area contributed by atoms with Crippen LogP contribution >= 0.6 is 11.3 Å². The number of methoxy groups -OCH3 is 1. The maximum atomic E-state index is 11.2. The molecule has 76 valence electrons. The molecule has 0 aromatic carbocycles. The van der Waals surface area contributed by atoms with Crippen molar-refractivity contribution in [3.63, 3.8) is 0 Å². The van der Waals surface area contributed by atoms with Crippen LogP contribution in [0.1, 0.15) is 20.1 Å². The summed E-state index contributed by atoms with van der Waals surface area (Å²) in [5, 5.41) is 0. The second-order valence-corrected chi connectivity index (χ2v) is 6.28. The van der Waals surface area contributed by atoms with Crippen molar-refractivity contribution < 1.29 is 17.9 Å². The standard InChI is InChI=1S/C8H8O4S2/c1-12-8(9)6-2-5-3-14(10,11)4-7(5)13-6/h2H,3-4H2,1H3. The zero-order valence-electron chi connectivity index (χ0n) is 7.44. The first-order valence-electron chi connectivity index (χ1n) is 3.92. The largest absolute Gasteiger partial charge is 0.465 e. The summed E-state index contributed by atoms with van der Waals surface area (Å²) < 4.78 is 26.9. The van der Waals surface area contributed by atoms with Gasteiger partial charge >= 0.3 is 5.97 Å². The Balaban J connectivity index is 2.36. The molecule has 0 saturated carbocycles. The quantitative estimate of drug-likeness (QED) is 0.677. The Kier molecular flexibility index (Phi) is 2.11. The van der Waals surface area contributed by atoms with Gasteiger partial charge in [-0.15, -0.1) is 11.3 Å². The van der Waals surface area contributed by atoms with E-state index >= 15 is 0 Å². The number of carbonyl (C=O) groups excluding carboxylic acids is 1. The third-order valence-electron chi connectivity index (χ3n) is 2.01. The Hall–Kier alpha value is -0.880. The van der Waals surface area contributed by atoms with E-state index in [1.807, 2.05) is 0 Å². The minimum Gasteiger partial charge on any atom is -0.465 e. The molecule has 1 aliphatic rings. The Morgan fingerprint density at radius 3 is 2.79 bits per heavy atom. The van der Waals surface area contributed by atoms with Gasteiger partial charge in [0, 0.05) is 4.88 Å². The fourth-order valence-corrected chi connectivity index (χ4v) is 4.58. The van der Waals surface area contributed by atoms with Crippen molar-refractivity contribution in [3.05, 3.63) is 21.4 Å². The first-order valence-corrected chi connectivity index (χ1v) is 6.56. The van der Waals surface area contributed by atoms with Gasteiger partial charge in [-0.25, -0.2) is 13.2 Å². The molecule has 0 unspecified atom stereocenters. The second-order valence-electron chi connectivity index (χ2n) is 3.08. The minimum absolute atomic E-state index is 0.0514. The van der Waals surface area contributed by atoms with Crippen LogP contribution in [0.5, 0.6) is 0 Å². The number of rotatable bonds is 1. The Bertz CT molecular complexity index is 454. The van der Waals surface area contributed by atoms with Crippen molar-refractivity contribution in [2.45, 2.75) is 11.5 Å². The summed E-state index contributed by atoms with van der Waals surface area (Å²) in [4.78, 5) is 12.4. The number of fused-ring (bicyclic) bond motifs is 1. The molecular formula is C8H8O4S2. The van der Waals surface area contributed by atoms with Crippen LogP contribution in [0.2, 0.25) is 0 Å². The molecule has 1 aliphatic heterocycles. The van der Waals surface area contributed by atoms with Crippen molar-refractivity contribution in [2.24, 2.45) is 0 Å². The van der Waals surface area contributed by atoms with Gasteiger partial charge in [0.15, 0.2) is 9.84 Å². The number of esters is 1. The molecule has 1 aromatic heterocycles. The molecule has 0 amide bonds. The average Bonchev–Trinajstić information content (AvgIpc) is 2.56. The summed E-state index contributed by atoms with van der Waals surface area (Å²) in [7, 11) is -1.64. The molecule has 2 rings (SSSR count). The zero-order valence-corrected chi connectivity index (χ0v) is 9.07. The Morgan fingerprint density at radius 1 is 1.50 bits per heavy atom. The first kappa shape index (κ1) is 9.67. The fraction of sp³-hybridized carbons (Fsp3) is 0.375. The van der Waals surface area contributed by atoms with E-state index in [2.05, 4.69) is 4.74 Å². The van der Waals surface area contributed by atoms with Gasteiger partial charge in [-0.05, 0) is 11.6 Å². The van der Waals surface area contributed by atoms with Crippen LogP contribution in [0.3, 0.4) is 0 Å². The number of sulfone groups is 1. The van der Waals surface area contributed by atoms with E-state index in [1.54, 1.807) is 6.07 Å². The molecule has 0 atom stereocenters. The normalized spacial score (nSPS) is 17.8. The second kappa shape index (κ2) is 3.06. The molecule has 0 N–H and O–H groups in total. The third kappa shape index (κ3) is 1.55. The molecule has 0 fully saturated rings. The Morgan fingerprint density at radius 2 is 2.21 bits per heavy atom. The van der Waals surface area contributed by atoms with E-state index < -0.39 is 15.8 Å². The molecule has 0 bridgehead atoms. The van der Waals surface area contributed by atoms with Crippen molar-refractivity contribution in [1.29, 1.82) is 0 Å². The lowest BCUT2D eigenvalue weighted by atomic mass is 10.3. The van der Waals surface area contributed by atoms with E-state index in [-0.39, 0.29) is 11.5 Å². The molecule has 6 heteroatoms. The van der Waals surface area contributed by atoms with Crippen LogP contribution in [0.4, 0.5) is 0 Å². The van der Waals surface area contributed by atoms with E-state index in [0.29, 0.717) is 4.88 Å². The van der Waals surface area contributed by atoms with Gasteiger partial charge in [-0.1, -0.05) is 0 Å². The average molecular weight is 232 g/mol. The highest BCUT2D eigenvalue weighted by Gasteiger charge is 2.28. The van der Waals surface area contributed by atoms with E-state index in [9.17, 15) is 13.2 Å². The SMILES string of the molecule is COC(=O)c1cc2c(s1)CS(=O)(=O)C2. The number of ether oxygens (including phenoxy) is 1. The number of hydrogen-bond donors (Lipinski definition) is 0. The van der Waals surface area contributed by atoms with Crippen molar-refractivity contribution in [3.8, 4) is 0 Å². The summed E-state index contributed by atoms with van der Waals surface area (Å²) in [5.41, 5.74) is 0.746. The topological polar surface area (TPSA) is 60.4 Å². The molecule has 2 heterocycles. The van der Waals surface area contributed by atoms with Gasteiger partial charge in [0.25, 0.3) is 0 Å². The number of thiophene rings is 1. The maximum Gasteiger partial charge on any atom is 0.348 e. The van der Waals surface area contributed by atoms with Crippen molar-refractivity contribution in [2.75, 3.05) is 7.11 Å². The molecule has 4 nitrogen and oxygen atoms in total. The first-order chi connectivity index (χ1) is 6.52. The summed E-state index contributed by atoms with van der Waals surface area (Å²) in [5.74, 6) is -0.290. The fourth-order valence-electron chi connectivity index (χ4n) is 1.40. The summed E-state index contributed by atoms with van der Waals surface area (Å²) in [6.45, 7) is 0. The van der Waals surface area contributed by atoms with Crippen LogP contribution in [0.25, 0.3) is 0 Å². The van der Waals surface area contributed by atoms with Gasteiger partial charge in [0.1, 0.15) is 4.88 Å². The molecule has 1 aromatic rings. The monoisotopic (exact) mass is 232 g/mol. The van der Waals surface area contributed by atoms with Crippen LogP contribution in [0.15, 0.2) is 6.07 Å². The van der Waals surface area contributed by atoms with Gasteiger partial charge in [0.2, 0.25) is 0 Å². The predicted octanol–water partition coefficient (Wildman–Crippen LogP) is 0.963. The molecular weight excluding hydrogens is 224 g/mol. The molecule has 0 spiro atoms. The van der Waals surface area contributed by atoms with Gasteiger partial charge in [-0.2, -0.15) is 0 Å². The lowest BCUT2D eigenvalue weighted by Gasteiger charge is -1.93. The van der Waals surface area contributed by atoms with Crippen molar-refractivity contribution in [1.82, 2.24) is 0 Å². The third-order valence-corrected chi connectivity index (χ3v) is 4.83. The van der Waals surface area contributed by atoms with Gasteiger partial charge < -0.3 is 4.74 Å². The van der Waals surface area contributed by atoms with E-state index in [4.69, 9.17) is 0 Å². The number of hydrogen-bond acceptors (Lipinski definition) is 5. The van der Waals surface area contributed by atoms with Crippen LogP contribution in [-0.4, -0.2) is 21.5 Å². The van der Waals surface area contributed by atoms with Crippen LogP contribution in [0, 0.1) is 0 Å². The zero-order chi connectivity index (χ0) is 10.3. The van der Waals surface area contributed by atoms with Crippen LogP contribution < -0.4 is 0 Å². The molecule has 0 aliphatic carbocycles. The highest BCUT2D eigenvalue weighted by Crippen LogP contribution is 2.32. The summed E-state index contributed by atoms with van der Waals surface area (Å²) in [6, 6.07) is 1.61. The minimum atomic E-state index is -2.95. The lowest BCUT2D eigenvalue weighted by molar-refractivity contribution is 0.0606. The lowest BCUT2D eigenvalue weighted by Crippen LogP contribution is -1.99. The smallest absolute Gasteiger partial charge is 0.348 e. The highest BCUT2D eigenvalue weighted by atomic mass is 32.2. The van der Waals surface area contributed by atoms with E-state index in [1.165, 1.54) is 18.4 Å². The highest BCUT2D eigenvalue weighted by molar-refractivity contribution is 7.90. The van der Waals surface area contributed by atoms with Gasteiger partial charge in [0.05, 0.1) is 18.6 Å². The van der Waals surface area contributed by atoms with Crippen molar-refractivity contribution >= 4 is 27.1 Å². The van der Waals surface area contributed by atoms with E-state index in [0.717, 1.165) is 10.4 Å². The summed E-state index contributed by atoms with van der Waals surface area (Å²) in [6.07, 6.45) is 0. The molecule has 0 saturated heterocycles. The Labute approximate surface area is 85.4 Å². The molecule has 14 heavy (non-hydrogen) atoms.